The van der Waals surface area contributed by atoms with E-state index in [0.717, 1.165) is 37.1 Å². The summed E-state index contributed by atoms with van der Waals surface area (Å²) in [6.45, 7) is 3.19. The number of halogens is 1. The van der Waals surface area contributed by atoms with Gasteiger partial charge in [0, 0.05) is 24.3 Å². The molecule has 0 radical (unpaired) electrons. The van der Waals surface area contributed by atoms with Crippen molar-refractivity contribution in [2.45, 2.75) is 32.6 Å². The van der Waals surface area contributed by atoms with E-state index in [0.29, 0.717) is 17.2 Å². The van der Waals surface area contributed by atoms with Crippen LogP contribution in [0, 0.1) is 0 Å². The molecule has 0 unspecified atom stereocenters. The second-order valence-corrected chi connectivity index (χ2v) is 5.72. The van der Waals surface area contributed by atoms with Crippen molar-refractivity contribution < 1.29 is 9.53 Å². The Morgan fingerprint density at radius 2 is 1.95 bits per heavy atom. The summed E-state index contributed by atoms with van der Waals surface area (Å²) < 4.78 is 5.27. The number of carbonyl (C=O) groups excluding carboxylic acids is 1. The molecular weight excluding hydrogens is 286 g/mol. The Kier molecular flexibility index (Phi) is 5.68. The van der Waals surface area contributed by atoms with E-state index in [-0.39, 0.29) is 5.97 Å². The summed E-state index contributed by atoms with van der Waals surface area (Å²) in [6.07, 6.45) is 4.38. The molecule has 0 atom stereocenters. The molecule has 0 saturated carbocycles. The van der Waals surface area contributed by atoms with Crippen molar-refractivity contribution in [3.63, 3.8) is 0 Å². The molecule has 0 bridgehead atoms. The smallest absolute Gasteiger partial charge is 0.340 e. The number of likely N-dealkylation sites (tertiary alicyclic amines) is 1. The van der Waals surface area contributed by atoms with Gasteiger partial charge in [-0.2, -0.15) is 0 Å². The van der Waals surface area contributed by atoms with Gasteiger partial charge in [-0.1, -0.05) is 30.2 Å². The average Bonchev–Trinajstić information content (AvgIpc) is 2.67. The Morgan fingerprint density at radius 1 is 1.24 bits per heavy atom. The van der Waals surface area contributed by atoms with Crippen LogP contribution < -0.4 is 0 Å². The van der Waals surface area contributed by atoms with Crippen LogP contribution >= 0.6 is 11.6 Å². The summed E-state index contributed by atoms with van der Waals surface area (Å²) in [4.78, 5) is 14.6. The van der Waals surface area contributed by atoms with Gasteiger partial charge in [0.2, 0.25) is 0 Å². The number of hydrogen-bond acceptors (Lipinski definition) is 3. The molecule has 1 aromatic rings. The number of nitrogens with zero attached hydrogens (tertiary/aromatic N) is 1. The fourth-order valence-electron chi connectivity index (χ4n) is 2.68. The second-order valence-electron chi connectivity index (χ2n) is 5.28. The Morgan fingerprint density at radius 3 is 2.62 bits per heavy atom. The highest BCUT2D eigenvalue weighted by Crippen LogP contribution is 2.29. The fourth-order valence-corrected chi connectivity index (χ4v) is 2.81. The van der Waals surface area contributed by atoms with Crippen LogP contribution in [0.25, 0.3) is 5.57 Å². The van der Waals surface area contributed by atoms with E-state index in [9.17, 15) is 4.79 Å². The van der Waals surface area contributed by atoms with E-state index in [1.165, 1.54) is 6.42 Å². The van der Waals surface area contributed by atoms with Crippen LogP contribution in [0.4, 0.5) is 0 Å². The Labute approximate surface area is 131 Å². The van der Waals surface area contributed by atoms with Crippen LogP contribution in [0.1, 0.15) is 38.2 Å². The van der Waals surface area contributed by atoms with Crippen LogP contribution in [0.5, 0.6) is 0 Å². The average molecular weight is 308 g/mol. The molecule has 1 fully saturated rings. The van der Waals surface area contributed by atoms with Gasteiger partial charge in [-0.3, -0.25) is 0 Å². The normalized spacial score (nSPS) is 18.1. The van der Waals surface area contributed by atoms with Gasteiger partial charge in [0.05, 0.1) is 12.2 Å². The first-order valence-corrected chi connectivity index (χ1v) is 7.88. The number of benzene rings is 1. The van der Waals surface area contributed by atoms with E-state index in [4.69, 9.17) is 16.3 Å². The molecule has 0 N–H and O–H groups in total. The standard InChI is InChI=1S/C17H22ClNO2/c1-3-21-17(20)16(13-8-10-14(18)11-9-13)15-7-5-4-6-12-19(15)2/h8-11H,3-7,12H2,1-2H3. The van der Waals surface area contributed by atoms with Crippen molar-refractivity contribution in [1.82, 2.24) is 4.90 Å². The summed E-state index contributed by atoms with van der Waals surface area (Å²) in [5.41, 5.74) is 2.63. The highest BCUT2D eigenvalue weighted by atomic mass is 35.5. The van der Waals surface area contributed by atoms with Crippen molar-refractivity contribution in [2.75, 3.05) is 20.2 Å². The van der Waals surface area contributed by atoms with Crippen molar-refractivity contribution in [3.05, 3.63) is 40.5 Å². The fraction of sp³-hybridized carbons (Fsp3) is 0.471. The van der Waals surface area contributed by atoms with Gasteiger partial charge in [0.25, 0.3) is 0 Å². The van der Waals surface area contributed by atoms with Crippen LogP contribution in [0.15, 0.2) is 30.0 Å². The van der Waals surface area contributed by atoms with E-state index < -0.39 is 0 Å². The summed E-state index contributed by atoms with van der Waals surface area (Å²) >= 11 is 5.95. The largest absolute Gasteiger partial charge is 0.462 e. The molecule has 0 aromatic heterocycles. The minimum Gasteiger partial charge on any atom is -0.462 e. The number of hydrogen-bond donors (Lipinski definition) is 0. The Bertz CT molecular complexity index is 522. The number of esters is 1. The van der Waals surface area contributed by atoms with Gasteiger partial charge >= 0.3 is 5.97 Å². The highest BCUT2D eigenvalue weighted by molar-refractivity contribution is 6.30. The van der Waals surface area contributed by atoms with Gasteiger partial charge in [0.15, 0.2) is 0 Å². The molecule has 1 heterocycles. The minimum absolute atomic E-state index is 0.247. The molecule has 3 nitrogen and oxygen atoms in total. The lowest BCUT2D eigenvalue weighted by Gasteiger charge is -2.23. The van der Waals surface area contributed by atoms with Crippen LogP contribution in [0.2, 0.25) is 5.02 Å². The van der Waals surface area contributed by atoms with Crippen molar-refractivity contribution in [1.29, 1.82) is 0 Å². The summed E-state index contributed by atoms with van der Waals surface area (Å²) in [5.74, 6) is -0.247. The van der Waals surface area contributed by atoms with Gasteiger partial charge in [-0.15, -0.1) is 0 Å². The molecule has 21 heavy (non-hydrogen) atoms. The van der Waals surface area contributed by atoms with Crippen LogP contribution in [-0.4, -0.2) is 31.1 Å². The zero-order valence-corrected chi connectivity index (χ0v) is 13.4. The predicted molar refractivity (Wildman–Crippen MR) is 86.1 cm³/mol. The third-order valence-corrected chi connectivity index (χ3v) is 4.02. The molecular formula is C17H22ClNO2. The van der Waals surface area contributed by atoms with Gasteiger partial charge in [0.1, 0.15) is 0 Å². The number of ether oxygens (including phenoxy) is 1. The monoisotopic (exact) mass is 307 g/mol. The van der Waals surface area contributed by atoms with Gasteiger partial charge in [-0.25, -0.2) is 4.79 Å². The first-order chi connectivity index (χ1) is 10.1. The van der Waals surface area contributed by atoms with E-state index >= 15 is 0 Å². The first-order valence-electron chi connectivity index (χ1n) is 7.50. The SMILES string of the molecule is CCOC(=O)C(=C1CCCCCN1C)c1ccc(Cl)cc1. The molecule has 0 spiro atoms. The van der Waals surface area contributed by atoms with Gasteiger partial charge in [-0.05, 0) is 43.9 Å². The van der Waals surface area contributed by atoms with E-state index in [1.54, 1.807) is 0 Å². The van der Waals surface area contributed by atoms with Crippen LogP contribution in [-0.2, 0) is 9.53 Å². The summed E-state index contributed by atoms with van der Waals surface area (Å²) in [7, 11) is 2.05. The van der Waals surface area contributed by atoms with E-state index in [1.807, 2.05) is 31.2 Å². The third-order valence-electron chi connectivity index (χ3n) is 3.77. The summed E-state index contributed by atoms with van der Waals surface area (Å²) in [6, 6.07) is 7.40. The first kappa shape index (κ1) is 15.9. The topological polar surface area (TPSA) is 29.5 Å². The minimum atomic E-state index is -0.247. The molecule has 0 amide bonds. The third kappa shape index (κ3) is 4.01. The Balaban J connectivity index is 2.48. The zero-order chi connectivity index (χ0) is 15.2. The number of carbonyl (C=O) groups is 1. The molecule has 4 heteroatoms. The van der Waals surface area contributed by atoms with Crippen molar-refractivity contribution >= 4 is 23.1 Å². The molecule has 1 aromatic carbocycles. The molecule has 1 saturated heterocycles. The number of rotatable bonds is 3. The molecule has 114 valence electrons. The maximum atomic E-state index is 12.4. The number of allylic oxidation sites excluding steroid dienone is 1. The molecule has 0 aliphatic carbocycles. The lowest BCUT2D eigenvalue weighted by atomic mass is 10.0. The maximum absolute atomic E-state index is 12.4. The quantitative estimate of drug-likeness (QED) is 0.621. The lowest BCUT2D eigenvalue weighted by molar-refractivity contribution is -0.136. The van der Waals surface area contributed by atoms with Crippen molar-refractivity contribution in [2.24, 2.45) is 0 Å². The second kappa shape index (κ2) is 7.51. The molecule has 2 rings (SSSR count). The molecule has 1 aliphatic heterocycles. The van der Waals surface area contributed by atoms with Crippen molar-refractivity contribution in [3.8, 4) is 0 Å². The van der Waals surface area contributed by atoms with Crippen LogP contribution in [0.3, 0.4) is 0 Å². The van der Waals surface area contributed by atoms with E-state index in [2.05, 4.69) is 11.9 Å². The molecule has 1 aliphatic rings. The maximum Gasteiger partial charge on any atom is 0.340 e. The zero-order valence-electron chi connectivity index (χ0n) is 12.7. The lowest BCUT2D eigenvalue weighted by Crippen LogP contribution is -2.21. The summed E-state index contributed by atoms with van der Waals surface area (Å²) in [5, 5.41) is 0.668. The van der Waals surface area contributed by atoms with Gasteiger partial charge < -0.3 is 9.64 Å². The highest BCUT2D eigenvalue weighted by Gasteiger charge is 2.22. The predicted octanol–water partition coefficient (Wildman–Crippen LogP) is 4.12. The Hall–Kier alpha value is -1.48.